The maximum absolute atomic E-state index is 5.28. The van der Waals surface area contributed by atoms with Crippen LogP contribution in [0.5, 0.6) is 0 Å². The first kappa shape index (κ1) is 33.8. The largest absolute Gasteiger partial charge is 0.304 e. The lowest BCUT2D eigenvalue weighted by Crippen LogP contribution is -2.44. The number of nitrogens with zero attached hydrogens (tertiary/aromatic N) is 10. The van der Waals surface area contributed by atoms with Gasteiger partial charge in [0.15, 0.2) is 17.3 Å². The first-order valence-corrected chi connectivity index (χ1v) is 18.3. The molecule has 0 spiro atoms. The van der Waals surface area contributed by atoms with Crippen LogP contribution in [0.1, 0.15) is 48.7 Å². The molecule has 2 saturated heterocycles. The molecule has 6 aromatic rings. The third-order valence-electron chi connectivity index (χ3n) is 10.4. The zero-order chi connectivity index (χ0) is 35.4. The molecule has 1 N–H and O–H groups in total. The van der Waals surface area contributed by atoms with Crippen LogP contribution in [0, 0.1) is 0 Å². The second kappa shape index (κ2) is 15.1. The zero-order valence-electron chi connectivity index (χ0n) is 30.0. The van der Waals surface area contributed by atoms with Crippen molar-refractivity contribution in [2.75, 3.05) is 46.3 Å². The molecular formula is C41H45N11. The number of hydrogen-bond acceptors (Lipinski definition) is 9. The number of rotatable bonds is 10. The molecule has 11 nitrogen and oxygen atoms in total. The van der Waals surface area contributed by atoms with Gasteiger partial charge in [-0.05, 0) is 69.2 Å². The monoisotopic (exact) mass is 691 g/mol. The summed E-state index contributed by atoms with van der Waals surface area (Å²) in [5.41, 5.74) is 8.01. The number of piperidine rings is 1. The number of nitrogens with one attached hydrogen (secondary N) is 1. The number of H-pyrrole nitrogens is 1. The first-order chi connectivity index (χ1) is 25.6. The van der Waals surface area contributed by atoms with E-state index >= 15 is 0 Å². The number of aromatic nitrogens is 7. The SMILES string of the molecule is C=CC(=N/C=C\C)c1n[nH]c(C2CCN(Cc3ccc(-c4nc5ccn6c(CN7CCN(C)CC7)nnc6c5cc4-c4ccccc4)cc3)CC2)n1. The number of aliphatic imine (C=N–C) groups is 1. The number of fused-ring (bicyclic) bond motifs is 3. The molecule has 2 aliphatic rings. The van der Waals surface area contributed by atoms with Crippen LogP contribution >= 0.6 is 0 Å². The smallest absolute Gasteiger partial charge is 0.199 e. The second-order valence-electron chi connectivity index (χ2n) is 13.9. The highest BCUT2D eigenvalue weighted by Gasteiger charge is 2.24. The van der Waals surface area contributed by atoms with E-state index in [1.807, 2.05) is 13.0 Å². The molecule has 6 heterocycles. The van der Waals surface area contributed by atoms with Gasteiger partial charge in [-0.1, -0.05) is 67.3 Å². The lowest BCUT2D eigenvalue weighted by Gasteiger charge is -2.31. The summed E-state index contributed by atoms with van der Waals surface area (Å²) in [4.78, 5) is 21.8. The molecule has 0 atom stereocenters. The number of likely N-dealkylation sites (N-methyl/N-ethyl adjacent to an activating group) is 1. The predicted molar refractivity (Wildman–Crippen MR) is 207 cm³/mol. The van der Waals surface area contributed by atoms with E-state index in [1.165, 1.54) is 5.56 Å². The van der Waals surface area contributed by atoms with Gasteiger partial charge in [-0.2, -0.15) is 5.10 Å². The van der Waals surface area contributed by atoms with Crippen LogP contribution in [0.15, 0.2) is 103 Å². The van der Waals surface area contributed by atoms with E-state index in [0.29, 0.717) is 17.5 Å². The molecule has 0 amide bonds. The summed E-state index contributed by atoms with van der Waals surface area (Å²) in [6.45, 7) is 13.7. The minimum Gasteiger partial charge on any atom is -0.304 e. The van der Waals surface area contributed by atoms with E-state index in [-0.39, 0.29) is 0 Å². The molecule has 11 heteroatoms. The Morgan fingerprint density at radius 2 is 1.65 bits per heavy atom. The van der Waals surface area contributed by atoms with Crippen LogP contribution in [0.4, 0.5) is 0 Å². The van der Waals surface area contributed by atoms with Gasteiger partial charge < -0.3 is 4.90 Å². The highest BCUT2D eigenvalue weighted by molar-refractivity contribution is 6.06. The highest BCUT2D eigenvalue weighted by Crippen LogP contribution is 2.35. The fourth-order valence-electron chi connectivity index (χ4n) is 7.33. The molecule has 0 saturated carbocycles. The lowest BCUT2D eigenvalue weighted by atomic mass is 9.95. The Morgan fingerprint density at radius 1 is 0.885 bits per heavy atom. The van der Waals surface area contributed by atoms with Crippen molar-refractivity contribution >= 4 is 22.3 Å². The summed E-state index contributed by atoms with van der Waals surface area (Å²) in [7, 11) is 2.18. The van der Waals surface area contributed by atoms with Gasteiger partial charge in [0.2, 0.25) is 0 Å². The molecule has 0 bridgehead atoms. The fourth-order valence-corrected chi connectivity index (χ4v) is 7.33. The molecule has 264 valence electrons. The molecule has 2 aliphatic heterocycles. The Hall–Kier alpha value is -5.36. The number of hydrogen-bond donors (Lipinski definition) is 1. The summed E-state index contributed by atoms with van der Waals surface area (Å²) in [5, 5.41) is 17.9. The van der Waals surface area contributed by atoms with Gasteiger partial charge in [-0.25, -0.2) is 9.97 Å². The third kappa shape index (κ3) is 7.07. The van der Waals surface area contributed by atoms with E-state index in [1.54, 1.807) is 12.3 Å². The highest BCUT2D eigenvalue weighted by atomic mass is 15.3. The Labute approximate surface area is 304 Å². The molecule has 0 unspecified atom stereocenters. The van der Waals surface area contributed by atoms with Crippen LogP contribution < -0.4 is 0 Å². The Balaban J connectivity index is 0.997. The molecule has 0 aliphatic carbocycles. The summed E-state index contributed by atoms with van der Waals surface area (Å²) in [6, 6.07) is 23.8. The van der Waals surface area contributed by atoms with E-state index in [9.17, 15) is 0 Å². The van der Waals surface area contributed by atoms with Gasteiger partial charge in [-0.15, -0.1) is 10.2 Å². The normalized spacial score (nSPS) is 17.2. The summed E-state index contributed by atoms with van der Waals surface area (Å²) in [5.74, 6) is 2.85. The van der Waals surface area contributed by atoms with E-state index in [0.717, 1.165) is 116 Å². The van der Waals surface area contributed by atoms with Gasteiger partial charge in [0.1, 0.15) is 11.5 Å². The van der Waals surface area contributed by atoms with E-state index in [2.05, 4.69) is 131 Å². The molecule has 0 radical (unpaired) electrons. The van der Waals surface area contributed by atoms with Gasteiger partial charge in [0.05, 0.1) is 17.8 Å². The minimum absolute atomic E-state index is 0.352. The standard InChI is InChI=1S/C41H45N11/c1-4-18-42-35(5-2)40-44-39(46-47-40)32-15-19-50(20-16-32)27-29-11-13-31(14-12-29)38-33(30-9-7-6-8-10-30)26-34-36(43-38)17-21-52-37(45-48-41(34)52)28-51-24-22-49(3)23-25-51/h4-14,17-18,21,26,32H,2,15-16,19-20,22-25,27-28H2,1,3H3,(H,44,46,47)/b18-4-,42-35?. The predicted octanol–water partition coefficient (Wildman–Crippen LogP) is 6.37. The van der Waals surface area contributed by atoms with E-state index < -0.39 is 0 Å². The first-order valence-electron chi connectivity index (χ1n) is 18.3. The van der Waals surface area contributed by atoms with Crippen molar-refractivity contribution in [3.8, 4) is 22.4 Å². The van der Waals surface area contributed by atoms with Gasteiger partial charge in [0, 0.05) is 67.6 Å². The van der Waals surface area contributed by atoms with Crippen LogP contribution in [-0.2, 0) is 13.1 Å². The Bertz CT molecular complexity index is 2220. The average molecular weight is 692 g/mol. The van der Waals surface area contributed by atoms with Crippen LogP contribution in [0.25, 0.3) is 38.9 Å². The molecule has 8 rings (SSSR count). The van der Waals surface area contributed by atoms with Crippen molar-refractivity contribution < 1.29 is 0 Å². The number of piperazine rings is 1. The molecular weight excluding hydrogens is 647 g/mol. The van der Waals surface area contributed by atoms with Crippen molar-refractivity contribution in [2.24, 2.45) is 4.99 Å². The van der Waals surface area contributed by atoms with Crippen molar-refractivity contribution in [1.82, 2.24) is 49.5 Å². The van der Waals surface area contributed by atoms with Crippen LogP contribution in [-0.4, -0.2) is 101 Å². The van der Waals surface area contributed by atoms with Crippen molar-refractivity contribution in [3.05, 3.63) is 121 Å². The van der Waals surface area contributed by atoms with Crippen molar-refractivity contribution in [3.63, 3.8) is 0 Å². The van der Waals surface area contributed by atoms with Gasteiger partial charge in [0.25, 0.3) is 0 Å². The third-order valence-corrected chi connectivity index (χ3v) is 10.4. The zero-order valence-corrected chi connectivity index (χ0v) is 30.0. The van der Waals surface area contributed by atoms with Gasteiger partial charge >= 0.3 is 0 Å². The molecule has 2 fully saturated rings. The number of aromatic amines is 1. The molecule has 4 aromatic heterocycles. The fraction of sp³-hybridized carbons (Fsp3) is 0.317. The Kier molecular flexibility index (Phi) is 9.80. The van der Waals surface area contributed by atoms with Gasteiger partial charge in [-0.3, -0.25) is 24.3 Å². The van der Waals surface area contributed by atoms with Crippen molar-refractivity contribution in [2.45, 2.75) is 38.8 Å². The van der Waals surface area contributed by atoms with Crippen LogP contribution in [0.3, 0.4) is 0 Å². The molecule has 52 heavy (non-hydrogen) atoms. The summed E-state index contributed by atoms with van der Waals surface area (Å²) in [6.07, 6.45) is 9.44. The quantitative estimate of drug-likeness (QED) is 0.165. The summed E-state index contributed by atoms with van der Waals surface area (Å²) >= 11 is 0. The number of pyridine rings is 2. The maximum atomic E-state index is 5.28. The minimum atomic E-state index is 0.352. The Morgan fingerprint density at radius 3 is 2.40 bits per heavy atom. The molecule has 2 aromatic carbocycles. The number of benzene rings is 2. The second-order valence-corrected chi connectivity index (χ2v) is 13.9. The number of allylic oxidation sites excluding steroid dienone is 2. The average Bonchev–Trinajstić information content (AvgIpc) is 3.85. The maximum Gasteiger partial charge on any atom is 0.199 e. The van der Waals surface area contributed by atoms with Crippen molar-refractivity contribution in [1.29, 1.82) is 0 Å². The topological polar surface area (TPSA) is 107 Å². The van der Waals surface area contributed by atoms with E-state index in [4.69, 9.17) is 9.97 Å². The number of likely N-dealkylation sites (tertiary alicyclic amines) is 1. The summed E-state index contributed by atoms with van der Waals surface area (Å²) < 4.78 is 2.14. The van der Waals surface area contributed by atoms with Crippen LogP contribution in [0.2, 0.25) is 0 Å². The lowest BCUT2D eigenvalue weighted by molar-refractivity contribution is 0.145.